The first-order chi connectivity index (χ1) is 6.72. The van der Waals surface area contributed by atoms with Gasteiger partial charge in [0.25, 0.3) is 6.17 Å². The van der Waals surface area contributed by atoms with Gasteiger partial charge in [-0.3, -0.25) is 0 Å². The Hall–Kier alpha value is -0.970. The van der Waals surface area contributed by atoms with Crippen molar-refractivity contribution < 1.29 is 31.1 Å². The van der Waals surface area contributed by atoms with Crippen molar-refractivity contribution in [3.05, 3.63) is 0 Å². The molecule has 0 aromatic rings. The topological polar surface area (TPSA) is 33.0 Å². The van der Waals surface area contributed by atoms with Crippen LogP contribution >= 0.6 is 0 Å². The van der Waals surface area contributed by atoms with Gasteiger partial charge in [0, 0.05) is 0 Å². The van der Waals surface area contributed by atoms with Gasteiger partial charge in [-0.2, -0.15) is 18.4 Å². The van der Waals surface area contributed by atoms with Gasteiger partial charge in [-0.25, -0.2) is 13.2 Å². The lowest BCUT2D eigenvalue weighted by atomic mass is 10.2. The van der Waals surface area contributed by atoms with Gasteiger partial charge in [0.2, 0.25) is 0 Å². The summed E-state index contributed by atoms with van der Waals surface area (Å²) in [5.41, 5.74) is 0. The summed E-state index contributed by atoms with van der Waals surface area (Å²) in [6.07, 6.45) is -10.1. The Bertz CT molecular complexity index is 233. The second kappa shape index (κ2) is 5.21. The van der Waals surface area contributed by atoms with Gasteiger partial charge in [0.05, 0.1) is 19.1 Å². The molecule has 1 atom stereocenters. The van der Waals surface area contributed by atoms with Gasteiger partial charge in [-0.05, 0) is 0 Å². The molecule has 8 heteroatoms. The second-order valence-electron chi connectivity index (χ2n) is 2.63. The molecule has 0 amide bonds. The molecule has 0 aliphatic carbocycles. The van der Waals surface area contributed by atoms with E-state index in [9.17, 15) is 26.3 Å². The monoisotopic (exact) mass is 235 g/mol. The fourth-order valence-electron chi connectivity index (χ4n) is 0.639. The van der Waals surface area contributed by atoms with Crippen molar-refractivity contribution in [1.29, 1.82) is 5.26 Å². The van der Waals surface area contributed by atoms with Crippen LogP contribution in [0.4, 0.5) is 26.3 Å². The molecule has 0 heterocycles. The van der Waals surface area contributed by atoms with Gasteiger partial charge >= 0.3 is 12.1 Å². The van der Waals surface area contributed by atoms with E-state index in [-0.39, 0.29) is 6.42 Å². The SMILES string of the molecule is N#CCCOCC(F)(F)[C@@H](F)C(F)(F)F. The minimum atomic E-state index is -5.62. The number of hydrogen-bond donors (Lipinski definition) is 0. The number of rotatable bonds is 5. The summed E-state index contributed by atoms with van der Waals surface area (Å²) in [5.74, 6) is -4.63. The third kappa shape index (κ3) is 4.88. The zero-order valence-electron chi connectivity index (χ0n) is 7.32. The van der Waals surface area contributed by atoms with Crippen molar-refractivity contribution in [2.75, 3.05) is 13.2 Å². The second-order valence-corrected chi connectivity index (χ2v) is 2.63. The van der Waals surface area contributed by atoms with Crippen LogP contribution in [0.3, 0.4) is 0 Å². The maximum atomic E-state index is 12.4. The summed E-state index contributed by atoms with van der Waals surface area (Å²) < 4.78 is 75.8. The highest BCUT2D eigenvalue weighted by Crippen LogP contribution is 2.34. The smallest absolute Gasteiger partial charge is 0.374 e. The molecular weight excluding hydrogens is 228 g/mol. The van der Waals surface area contributed by atoms with E-state index in [4.69, 9.17) is 5.26 Å². The molecule has 0 unspecified atom stereocenters. The summed E-state index contributed by atoms with van der Waals surface area (Å²) in [4.78, 5) is 0. The molecular formula is C7H7F6NO. The number of hydrogen-bond acceptors (Lipinski definition) is 2. The van der Waals surface area contributed by atoms with E-state index >= 15 is 0 Å². The van der Waals surface area contributed by atoms with E-state index in [1.54, 1.807) is 0 Å². The van der Waals surface area contributed by atoms with Crippen LogP contribution in [0.2, 0.25) is 0 Å². The Balaban J connectivity index is 4.12. The molecule has 0 radical (unpaired) electrons. The van der Waals surface area contributed by atoms with E-state index in [1.165, 1.54) is 6.07 Å². The fraction of sp³-hybridized carbons (Fsp3) is 0.857. The lowest BCUT2D eigenvalue weighted by Crippen LogP contribution is -2.44. The van der Waals surface area contributed by atoms with Gasteiger partial charge in [0.15, 0.2) is 0 Å². The van der Waals surface area contributed by atoms with Crippen LogP contribution < -0.4 is 0 Å². The molecule has 0 aliphatic heterocycles. The van der Waals surface area contributed by atoms with Crippen LogP contribution in [0.1, 0.15) is 6.42 Å². The normalized spacial score (nSPS) is 14.7. The van der Waals surface area contributed by atoms with Crippen LogP contribution in [0, 0.1) is 11.3 Å². The van der Waals surface area contributed by atoms with Gasteiger partial charge < -0.3 is 4.74 Å². The molecule has 0 rings (SSSR count). The van der Waals surface area contributed by atoms with E-state index in [0.29, 0.717) is 0 Å². The number of nitriles is 1. The standard InChI is InChI=1S/C7H7F6NO/c8-5(7(11,12)13)6(9,10)4-15-3-1-2-14/h5H,1,3-4H2/t5-/m1/s1. The third-order valence-electron chi connectivity index (χ3n) is 1.31. The van der Waals surface area contributed by atoms with Crippen LogP contribution in [0.25, 0.3) is 0 Å². The summed E-state index contributed by atoms with van der Waals surface area (Å²) in [6, 6.07) is 1.53. The lowest BCUT2D eigenvalue weighted by molar-refractivity contribution is -0.255. The summed E-state index contributed by atoms with van der Waals surface area (Å²) in [7, 11) is 0. The van der Waals surface area contributed by atoms with Crippen LogP contribution in [-0.2, 0) is 4.74 Å². The Labute approximate surface area is 81.4 Å². The highest BCUT2D eigenvalue weighted by atomic mass is 19.4. The molecule has 0 saturated heterocycles. The Morgan fingerprint density at radius 1 is 1.20 bits per heavy atom. The number of ether oxygens (including phenoxy) is 1. The molecule has 0 fully saturated rings. The van der Waals surface area contributed by atoms with Crippen molar-refractivity contribution in [2.24, 2.45) is 0 Å². The molecule has 0 N–H and O–H groups in total. The van der Waals surface area contributed by atoms with Crippen molar-refractivity contribution in [1.82, 2.24) is 0 Å². The minimum Gasteiger partial charge on any atom is -0.374 e. The molecule has 0 aliphatic rings. The van der Waals surface area contributed by atoms with Crippen molar-refractivity contribution in [3.8, 4) is 6.07 Å². The van der Waals surface area contributed by atoms with Crippen molar-refractivity contribution in [2.45, 2.75) is 24.7 Å². The molecule has 0 bridgehead atoms. The predicted molar refractivity (Wildman–Crippen MR) is 36.9 cm³/mol. The number of halogens is 6. The summed E-state index contributed by atoms with van der Waals surface area (Å²) in [6.45, 7) is -2.16. The summed E-state index contributed by atoms with van der Waals surface area (Å²) in [5, 5.41) is 7.96. The maximum Gasteiger partial charge on any atom is 0.425 e. The number of nitrogens with zero attached hydrogens (tertiary/aromatic N) is 1. The fourth-order valence-corrected chi connectivity index (χ4v) is 0.639. The van der Waals surface area contributed by atoms with Crippen LogP contribution in [0.5, 0.6) is 0 Å². The first kappa shape index (κ1) is 14.0. The number of alkyl halides is 6. The van der Waals surface area contributed by atoms with Crippen molar-refractivity contribution in [3.63, 3.8) is 0 Å². The molecule has 0 spiro atoms. The molecule has 0 aromatic carbocycles. The van der Waals surface area contributed by atoms with E-state index < -0.39 is 31.5 Å². The highest BCUT2D eigenvalue weighted by Gasteiger charge is 2.56. The predicted octanol–water partition coefficient (Wildman–Crippen LogP) is 2.45. The Kier molecular flexibility index (Phi) is 4.87. The van der Waals surface area contributed by atoms with E-state index in [2.05, 4.69) is 4.74 Å². The average molecular weight is 235 g/mol. The highest BCUT2D eigenvalue weighted by molar-refractivity contribution is 4.82. The third-order valence-corrected chi connectivity index (χ3v) is 1.31. The Morgan fingerprint density at radius 2 is 1.73 bits per heavy atom. The van der Waals surface area contributed by atoms with Crippen LogP contribution in [-0.4, -0.2) is 31.5 Å². The molecule has 0 aromatic heterocycles. The van der Waals surface area contributed by atoms with Gasteiger partial charge in [-0.1, -0.05) is 0 Å². The molecule has 88 valence electrons. The Morgan fingerprint density at radius 3 is 2.13 bits per heavy atom. The first-order valence-corrected chi connectivity index (χ1v) is 3.75. The van der Waals surface area contributed by atoms with Gasteiger partial charge in [0.1, 0.15) is 6.61 Å². The zero-order chi connectivity index (χ0) is 12.1. The van der Waals surface area contributed by atoms with Crippen molar-refractivity contribution >= 4 is 0 Å². The average Bonchev–Trinajstić information content (AvgIpc) is 2.10. The maximum absolute atomic E-state index is 12.4. The van der Waals surface area contributed by atoms with Gasteiger partial charge in [-0.15, -0.1) is 0 Å². The van der Waals surface area contributed by atoms with E-state index in [1.807, 2.05) is 0 Å². The first-order valence-electron chi connectivity index (χ1n) is 3.75. The van der Waals surface area contributed by atoms with Crippen LogP contribution in [0.15, 0.2) is 0 Å². The minimum absolute atomic E-state index is 0.251. The van der Waals surface area contributed by atoms with E-state index in [0.717, 1.165) is 0 Å². The molecule has 2 nitrogen and oxygen atoms in total. The largest absolute Gasteiger partial charge is 0.425 e. The molecule has 15 heavy (non-hydrogen) atoms. The quantitative estimate of drug-likeness (QED) is 0.541. The molecule has 0 saturated carbocycles. The lowest BCUT2D eigenvalue weighted by Gasteiger charge is -2.22. The zero-order valence-corrected chi connectivity index (χ0v) is 7.32. The summed E-state index contributed by atoms with van der Waals surface area (Å²) >= 11 is 0.